The van der Waals surface area contributed by atoms with Gasteiger partial charge < -0.3 is 19.7 Å². The van der Waals surface area contributed by atoms with E-state index >= 15 is 0 Å². The molecule has 0 amide bonds. The zero-order valence-corrected chi connectivity index (χ0v) is 20.9. The summed E-state index contributed by atoms with van der Waals surface area (Å²) in [6.07, 6.45) is 4.57. The van der Waals surface area contributed by atoms with Crippen molar-refractivity contribution in [2.45, 2.75) is 38.8 Å². The van der Waals surface area contributed by atoms with E-state index in [0.717, 1.165) is 50.5 Å². The minimum Gasteiger partial charge on any atom is -0.497 e. The van der Waals surface area contributed by atoms with Crippen LogP contribution in [0.25, 0.3) is 0 Å². The van der Waals surface area contributed by atoms with E-state index in [0.29, 0.717) is 13.1 Å². The fourth-order valence-electron chi connectivity index (χ4n) is 3.83. The van der Waals surface area contributed by atoms with Gasteiger partial charge in [0.1, 0.15) is 11.5 Å². The lowest BCUT2D eigenvalue weighted by Gasteiger charge is -2.22. The average Bonchev–Trinajstić information content (AvgIpc) is 2.82. The summed E-state index contributed by atoms with van der Waals surface area (Å²) in [6, 6.07) is 16.3. The van der Waals surface area contributed by atoms with Crippen LogP contribution in [0, 0.1) is 0 Å². The molecule has 7 heteroatoms. The molecule has 186 valence electrons. The summed E-state index contributed by atoms with van der Waals surface area (Å²) in [5, 5.41) is 18.8. The number of methoxy groups -OCH3 is 2. The smallest absolute Gasteiger partial charge is 0.118 e. The second kappa shape index (κ2) is 17.6. The summed E-state index contributed by atoms with van der Waals surface area (Å²) in [4.78, 5) is 4.62. The third kappa shape index (κ3) is 11.7. The van der Waals surface area contributed by atoms with Crippen LogP contribution >= 0.6 is 12.4 Å². The van der Waals surface area contributed by atoms with Gasteiger partial charge in [0.2, 0.25) is 0 Å². The maximum Gasteiger partial charge on any atom is 0.118 e. The molecule has 0 fully saturated rings. The molecule has 0 aromatic heterocycles. The van der Waals surface area contributed by atoms with E-state index in [1.165, 1.54) is 24.0 Å². The predicted octanol–water partition coefficient (Wildman–Crippen LogP) is 3.97. The summed E-state index contributed by atoms with van der Waals surface area (Å²) in [6.45, 7) is 5.40. The maximum atomic E-state index is 9.41. The predicted molar refractivity (Wildman–Crippen MR) is 136 cm³/mol. The minimum atomic E-state index is 0. The Morgan fingerprint density at radius 3 is 1.24 bits per heavy atom. The third-order valence-electron chi connectivity index (χ3n) is 5.66. The van der Waals surface area contributed by atoms with E-state index in [2.05, 4.69) is 34.1 Å². The number of nitrogens with zero attached hydrogens (tertiary/aromatic N) is 2. The highest BCUT2D eigenvalue weighted by Gasteiger charge is 2.08. The van der Waals surface area contributed by atoms with Crippen LogP contribution in [0.5, 0.6) is 11.5 Å². The second-order valence-electron chi connectivity index (χ2n) is 8.11. The zero-order valence-electron chi connectivity index (χ0n) is 20.1. The molecule has 33 heavy (non-hydrogen) atoms. The van der Waals surface area contributed by atoms with Crippen LogP contribution in [0.2, 0.25) is 0 Å². The van der Waals surface area contributed by atoms with E-state index in [-0.39, 0.29) is 25.6 Å². The Morgan fingerprint density at radius 2 is 0.939 bits per heavy atom. The van der Waals surface area contributed by atoms with Crippen molar-refractivity contribution in [3.63, 3.8) is 0 Å². The fraction of sp³-hybridized carbons (Fsp3) is 0.538. The standard InChI is InChI=1S/C26H40N2O4.ClH/c1-31-25-11-7-23(8-12-25)21-27(17-19-29)15-5-3-4-6-16-28(18-20-30)22-24-9-13-26(32-2)14-10-24;/h7-14,29-30H,3-6,15-22H2,1-2H3;1H. The lowest BCUT2D eigenvalue weighted by Crippen LogP contribution is -2.28. The molecule has 0 heterocycles. The lowest BCUT2D eigenvalue weighted by molar-refractivity contribution is 0.182. The van der Waals surface area contributed by atoms with Gasteiger partial charge >= 0.3 is 0 Å². The van der Waals surface area contributed by atoms with Crippen LogP contribution in [0.1, 0.15) is 36.8 Å². The van der Waals surface area contributed by atoms with Crippen LogP contribution in [0.3, 0.4) is 0 Å². The normalized spacial score (nSPS) is 11.0. The SMILES string of the molecule is COc1ccc(CN(CCO)CCCCCCN(CCO)Cc2ccc(OC)cc2)cc1.Cl. The molecule has 6 nitrogen and oxygen atoms in total. The molecular formula is C26H41ClN2O4. The van der Waals surface area contributed by atoms with Gasteiger partial charge in [0.25, 0.3) is 0 Å². The van der Waals surface area contributed by atoms with Crippen molar-refractivity contribution in [1.82, 2.24) is 9.80 Å². The van der Waals surface area contributed by atoms with E-state index in [1.807, 2.05) is 24.3 Å². The zero-order chi connectivity index (χ0) is 23.0. The summed E-state index contributed by atoms with van der Waals surface area (Å²) < 4.78 is 10.4. The number of ether oxygens (including phenoxy) is 2. The Morgan fingerprint density at radius 1 is 0.576 bits per heavy atom. The Labute approximate surface area is 205 Å². The molecule has 2 rings (SSSR count). The average molecular weight is 481 g/mol. The van der Waals surface area contributed by atoms with Gasteiger partial charge in [-0.3, -0.25) is 9.80 Å². The highest BCUT2D eigenvalue weighted by atomic mass is 35.5. The molecule has 0 aliphatic carbocycles. The van der Waals surface area contributed by atoms with Gasteiger partial charge in [-0.05, 0) is 61.3 Å². The Bertz CT molecular complexity index is 665. The largest absolute Gasteiger partial charge is 0.497 e. The van der Waals surface area contributed by atoms with E-state index in [4.69, 9.17) is 9.47 Å². The highest BCUT2D eigenvalue weighted by Crippen LogP contribution is 2.15. The van der Waals surface area contributed by atoms with Crippen molar-refractivity contribution >= 4 is 12.4 Å². The Hall–Kier alpha value is -1.83. The van der Waals surface area contributed by atoms with Crippen molar-refractivity contribution in [2.75, 3.05) is 53.6 Å². The van der Waals surface area contributed by atoms with Gasteiger partial charge in [-0.25, -0.2) is 0 Å². The van der Waals surface area contributed by atoms with E-state index in [1.54, 1.807) is 14.2 Å². The number of hydrogen-bond donors (Lipinski definition) is 2. The first-order valence-electron chi connectivity index (χ1n) is 11.6. The molecule has 2 aromatic rings. The van der Waals surface area contributed by atoms with Crippen molar-refractivity contribution in [3.05, 3.63) is 59.7 Å². The number of benzene rings is 2. The summed E-state index contributed by atoms with van der Waals surface area (Å²) in [7, 11) is 3.35. The molecule has 0 spiro atoms. The molecule has 0 aliphatic rings. The second-order valence-corrected chi connectivity index (χ2v) is 8.11. The molecule has 0 atom stereocenters. The van der Waals surface area contributed by atoms with E-state index in [9.17, 15) is 10.2 Å². The van der Waals surface area contributed by atoms with Gasteiger partial charge in [0, 0.05) is 26.2 Å². The van der Waals surface area contributed by atoms with Crippen LogP contribution in [-0.2, 0) is 13.1 Å². The molecule has 2 aromatic carbocycles. The van der Waals surface area contributed by atoms with Crippen LogP contribution in [0.4, 0.5) is 0 Å². The molecule has 0 aliphatic heterocycles. The van der Waals surface area contributed by atoms with Gasteiger partial charge in [0.15, 0.2) is 0 Å². The van der Waals surface area contributed by atoms with Crippen molar-refractivity contribution < 1.29 is 19.7 Å². The highest BCUT2D eigenvalue weighted by molar-refractivity contribution is 5.85. The first kappa shape index (κ1) is 29.2. The molecule has 0 unspecified atom stereocenters. The van der Waals surface area contributed by atoms with Crippen molar-refractivity contribution in [1.29, 1.82) is 0 Å². The number of rotatable bonds is 17. The van der Waals surface area contributed by atoms with Crippen molar-refractivity contribution in [3.8, 4) is 11.5 Å². The monoisotopic (exact) mass is 480 g/mol. The Kier molecular flexibility index (Phi) is 15.6. The fourth-order valence-corrected chi connectivity index (χ4v) is 3.83. The Balaban J connectivity index is 0.00000544. The van der Waals surface area contributed by atoms with Gasteiger partial charge in [-0.1, -0.05) is 37.1 Å². The molecule has 0 bridgehead atoms. The number of hydrogen-bond acceptors (Lipinski definition) is 6. The first-order valence-corrected chi connectivity index (χ1v) is 11.6. The lowest BCUT2D eigenvalue weighted by atomic mass is 10.1. The van der Waals surface area contributed by atoms with Crippen LogP contribution < -0.4 is 9.47 Å². The quantitative estimate of drug-likeness (QED) is 0.334. The molecule has 0 saturated carbocycles. The van der Waals surface area contributed by atoms with Gasteiger partial charge in [-0.15, -0.1) is 12.4 Å². The minimum absolute atomic E-state index is 0. The molecular weight excluding hydrogens is 440 g/mol. The maximum absolute atomic E-state index is 9.41. The number of aliphatic hydroxyl groups excluding tert-OH is 2. The van der Waals surface area contributed by atoms with E-state index < -0.39 is 0 Å². The summed E-state index contributed by atoms with van der Waals surface area (Å²) >= 11 is 0. The molecule has 0 saturated heterocycles. The number of aliphatic hydroxyl groups is 2. The number of unbranched alkanes of at least 4 members (excludes halogenated alkanes) is 3. The van der Waals surface area contributed by atoms with Crippen LogP contribution in [0.15, 0.2) is 48.5 Å². The first-order chi connectivity index (χ1) is 15.7. The molecule has 0 radical (unpaired) electrons. The summed E-state index contributed by atoms with van der Waals surface area (Å²) in [5.74, 6) is 1.73. The topological polar surface area (TPSA) is 65.4 Å². The van der Waals surface area contributed by atoms with Crippen LogP contribution in [-0.4, -0.2) is 73.6 Å². The third-order valence-corrected chi connectivity index (χ3v) is 5.66. The molecule has 2 N–H and O–H groups in total. The van der Waals surface area contributed by atoms with Crippen molar-refractivity contribution in [2.24, 2.45) is 0 Å². The number of halogens is 1. The van der Waals surface area contributed by atoms with Gasteiger partial charge in [0.05, 0.1) is 27.4 Å². The van der Waals surface area contributed by atoms with Gasteiger partial charge in [-0.2, -0.15) is 0 Å². The summed E-state index contributed by atoms with van der Waals surface area (Å²) in [5.41, 5.74) is 2.47.